The summed E-state index contributed by atoms with van der Waals surface area (Å²) >= 11 is 0. The fourth-order valence-electron chi connectivity index (χ4n) is 4.12. The number of nitrogens with zero attached hydrogens (tertiary/aromatic N) is 2. The molecular weight excluding hydrogens is 386 g/mol. The lowest BCUT2D eigenvalue weighted by atomic mass is 9.73. The number of esters is 1. The number of benzene rings is 1. The number of nitrogens with one attached hydrogen (secondary N) is 1. The highest BCUT2D eigenvalue weighted by Crippen LogP contribution is 2.38. The van der Waals surface area contributed by atoms with Crippen molar-refractivity contribution in [3.8, 4) is 0 Å². The van der Waals surface area contributed by atoms with E-state index in [0.717, 1.165) is 35.3 Å². The summed E-state index contributed by atoms with van der Waals surface area (Å²) in [5.41, 5.74) is 1.18. The Balaban J connectivity index is 1.50. The smallest absolute Gasteiger partial charge is 0.326 e. The molecule has 30 heavy (non-hydrogen) atoms. The lowest BCUT2D eigenvalue weighted by Gasteiger charge is -2.36. The van der Waals surface area contributed by atoms with Crippen molar-refractivity contribution in [1.29, 1.82) is 0 Å². The van der Waals surface area contributed by atoms with Gasteiger partial charge in [0.1, 0.15) is 12.1 Å². The van der Waals surface area contributed by atoms with Crippen LogP contribution in [-0.2, 0) is 25.7 Å². The van der Waals surface area contributed by atoms with E-state index in [1.54, 1.807) is 7.05 Å². The number of carbonyl (C=O) groups excluding carboxylic acids is 4. The van der Waals surface area contributed by atoms with Crippen molar-refractivity contribution in [3.63, 3.8) is 0 Å². The van der Waals surface area contributed by atoms with Crippen molar-refractivity contribution >= 4 is 23.8 Å². The molecule has 1 aromatic carbocycles. The lowest BCUT2D eigenvalue weighted by molar-refractivity contribution is -0.153. The summed E-state index contributed by atoms with van der Waals surface area (Å²) in [6.07, 6.45) is 3.31. The average Bonchev–Trinajstić information content (AvgIpc) is 2.95. The molecule has 1 saturated heterocycles. The molecule has 2 aliphatic rings. The van der Waals surface area contributed by atoms with Crippen LogP contribution in [0, 0.1) is 12.8 Å². The molecule has 1 spiro atoms. The first kappa shape index (κ1) is 21.8. The lowest BCUT2D eigenvalue weighted by Crippen LogP contribution is -2.54. The third kappa shape index (κ3) is 4.47. The standard InChI is InChI=1S/C22H29N3O5/c1-15-7-9-17(10-8-15)12-24(3)18(26)14-30-19(27)13-25-20(28)22(23-21(25)29)11-5-4-6-16(22)2/h7-10,16H,4-6,11-14H2,1-3H3,(H,23,29)/t16-,22-/m0/s1. The van der Waals surface area contributed by atoms with Crippen molar-refractivity contribution < 1.29 is 23.9 Å². The van der Waals surface area contributed by atoms with Crippen LogP contribution < -0.4 is 5.32 Å². The topological polar surface area (TPSA) is 96.0 Å². The number of rotatable bonds is 6. The molecule has 2 fully saturated rings. The van der Waals surface area contributed by atoms with Gasteiger partial charge in [-0.15, -0.1) is 0 Å². The van der Waals surface area contributed by atoms with E-state index >= 15 is 0 Å². The molecule has 0 bridgehead atoms. The number of urea groups is 1. The molecule has 0 unspecified atom stereocenters. The van der Waals surface area contributed by atoms with E-state index in [1.807, 2.05) is 38.1 Å². The molecule has 1 saturated carbocycles. The van der Waals surface area contributed by atoms with Crippen molar-refractivity contribution in [3.05, 3.63) is 35.4 Å². The van der Waals surface area contributed by atoms with Crippen LogP contribution in [0.15, 0.2) is 24.3 Å². The van der Waals surface area contributed by atoms with Gasteiger partial charge in [0.25, 0.3) is 11.8 Å². The van der Waals surface area contributed by atoms with Crippen LogP contribution in [-0.4, -0.2) is 59.4 Å². The zero-order valence-corrected chi connectivity index (χ0v) is 17.8. The second-order valence-corrected chi connectivity index (χ2v) is 8.34. The molecule has 1 N–H and O–H groups in total. The number of hydrogen-bond acceptors (Lipinski definition) is 5. The highest BCUT2D eigenvalue weighted by molar-refractivity contribution is 6.09. The third-order valence-electron chi connectivity index (χ3n) is 6.11. The van der Waals surface area contributed by atoms with Gasteiger partial charge in [-0.3, -0.25) is 19.3 Å². The molecule has 1 aromatic rings. The van der Waals surface area contributed by atoms with Crippen LogP contribution in [0.5, 0.6) is 0 Å². The molecule has 0 aromatic heterocycles. The maximum Gasteiger partial charge on any atom is 0.326 e. The first-order valence-electron chi connectivity index (χ1n) is 10.3. The van der Waals surface area contributed by atoms with Crippen molar-refractivity contribution in [2.24, 2.45) is 5.92 Å². The van der Waals surface area contributed by atoms with Crippen LogP contribution in [0.3, 0.4) is 0 Å². The van der Waals surface area contributed by atoms with Gasteiger partial charge in [-0.25, -0.2) is 4.79 Å². The third-order valence-corrected chi connectivity index (χ3v) is 6.11. The quantitative estimate of drug-likeness (QED) is 0.566. The number of likely N-dealkylation sites (N-methyl/N-ethyl adjacent to an activating group) is 1. The molecule has 1 heterocycles. The Morgan fingerprint density at radius 2 is 1.93 bits per heavy atom. The SMILES string of the molecule is Cc1ccc(CN(C)C(=O)COC(=O)CN2C(=O)N[C@]3(CCCC[C@@H]3C)C2=O)cc1. The molecule has 2 atom stereocenters. The molecule has 8 heteroatoms. The predicted octanol–water partition coefficient (Wildman–Crippen LogP) is 2.00. The Hall–Kier alpha value is -2.90. The molecular formula is C22H29N3O5. The van der Waals surface area contributed by atoms with E-state index in [4.69, 9.17) is 4.74 Å². The van der Waals surface area contributed by atoms with Crippen LogP contribution in [0.1, 0.15) is 43.7 Å². The minimum atomic E-state index is -0.917. The summed E-state index contributed by atoms with van der Waals surface area (Å²) in [4.78, 5) is 52.0. The van der Waals surface area contributed by atoms with E-state index in [9.17, 15) is 19.2 Å². The van der Waals surface area contributed by atoms with E-state index < -0.39 is 30.7 Å². The number of ether oxygens (including phenoxy) is 1. The molecule has 162 valence electrons. The Labute approximate surface area is 176 Å². The van der Waals surface area contributed by atoms with E-state index in [-0.39, 0.29) is 17.7 Å². The molecule has 4 amide bonds. The van der Waals surface area contributed by atoms with Crippen LogP contribution in [0.4, 0.5) is 4.79 Å². The van der Waals surface area contributed by atoms with Gasteiger partial charge in [0.2, 0.25) is 0 Å². The number of carbonyl (C=O) groups is 4. The summed E-state index contributed by atoms with van der Waals surface area (Å²) in [6.45, 7) is 3.40. The van der Waals surface area contributed by atoms with E-state index in [0.29, 0.717) is 13.0 Å². The van der Waals surface area contributed by atoms with Gasteiger partial charge in [-0.2, -0.15) is 0 Å². The van der Waals surface area contributed by atoms with Gasteiger partial charge in [0, 0.05) is 13.6 Å². The van der Waals surface area contributed by atoms with Gasteiger partial charge < -0.3 is 15.0 Å². The maximum absolute atomic E-state index is 12.9. The highest BCUT2D eigenvalue weighted by atomic mass is 16.5. The summed E-state index contributed by atoms with van der Waals surface area (Å²) in [7, 11) is 1.63. The summed E-state index contributed by atoms with van der Waals surface area (Å²) in [6, 6.07) is 7.22. The Kier molecular flexibility index (Phi) is 6.43. The Bertz CT molecular complexity index is 838. The second-order valence-electron chi connectivity index (χ2n) is 8.34. The van der Waals surface area contributed by atoms with Crippen LogP contribution in [0.2, 0.25) is 0 Å². The summed E-state index contributed by atoms with van der Waals surface area (Å²) in [5.74, 6) is -1.50. The van der Waals surface area contributed by atoms with Crippen molar-refractivity contribution in [2.45, 2.75) is 51.6 Å². The minimum absolute atomic E-state index is 0.0146. The molecule has 8 nitrogen and oxygen atoms in total. The number of hydrogen-bond donors (Lipinski definition) is 1. The van der Waals surface area contributed by atoms with Gasteiger partial charge >= 0.3 is 12.0 Å². The first-order chi connectivity index (χ1) is 14.2. The van der Waals surface area contributed by atoms with Gasteiger partial charge in [-0.1, -0.05) is 49.6 Å². The van der Waals surface area contributed by atoms with Crippen molar-refractivity contribution in [2.75, 3.05) is 20.2 Å². The van der Waals surface area contributed by atoms with E-state index in [2.05, 4.69) is 5.32 Å². The fraction of sp³-hybridized carbons (Fsp3) is 0.545. The zero-order valence-electron chi connectivity index (χ0n) is 17.8. The normalized spacial score (nSPS) is 23.4. The van der Waals surface area contributed by atoms with Crippen LogP contribution >= 0.6 is 0 Å². The first-order valence-corrected chi connectivity index (χ1v) is 10.3. The minimum Gasteiger partial charge on any atom is -0.454 e. The van der Waals surface area contributed by atoms with Gasteiger partial charge in [-0.05, 0) is 31.2 Å². The fourth-order valence-corrected chi connectivity index (χ4v) is 4.12. The molecule has 1 aliphatic carbocycles. The Morgan fingerprint density at radius 3 is 2.60 bits per heavy atom. The maximum atomic E-state index is 12.9. The van der Waals surface area contributed by atoms with Gasteiger partial charge in [0.05, 0.1) is 0 Å². The van der Waals surface area contributed by atoms with E-state index in [1.165, 1.54) is 4.90 Å². The second kappa shape index (κ2) is 8.85. The largest absolute Gasteiger partial charge is 0.454 e. The number of imide groups is 1. The molecule has 1 aliphatic heterocycles. The molecule has 0 radical (unpaired) electrons. The molecule has 3 rings (SSSR count). The number of amides is 4. The van der Waals surface area contributed by atoms with Crippen LogP contribution in [0.25, 0.3) is 0 Å². The summed E-state index contributed by atoms with van der Waals surface area (Å²) < 4.78 is 5.04. The average molecular weight is 415 g/mol. The van der Waals surface area contributed by atoms with Crippen molar-refractivity contribution in [1.82, 2.24) is 15.1 Å². The summed E-state index contributed by atoms with van der Waals surface area (Å²) in [5, 5.41) is 2.79. The predicted molar refractivity (Wildman–Crippen MR) is 109 cm³/mol. The highest BCUT2D eigenvalue weighted by Gasteiger charge is 2.55. The zero-order chi connectivity index (χ0) is 21.9. The van der Waals surface area contributed by atoms with Gasteiger partial charge in [0.15, 0.2) is 6.61 Å². The Morgan fingerprint density at radius 1 is 1.23 bits per heavy atom. The number of aryl methyl sites for hydroxylation is 1. The monoisotopic (exact) mass is 415 g/mol.